The molecule has 0 aromatic carbocycles. The maximum absolute atomic E-state index is 12.9. The molecule has 4 unspecified atom stereocenters. The van der Waals surface area contributed by atoms with E-state index in [1.807, 2.05) is 16.7 Å². The lowest BCUT2D eigenvalue weighted by Crippen LogP contribution is -2.66. The molecule has 5 nitrogen and oxygen atoms in total. The van der Waals surface area contributed by atoms with Gasteiger partial charge in [0.15, 0.2) is 0 Å². The Kier molecular flexibility index (Phi) is 3.95. The third-order valence-corrected chi connectivity index (χ3v) is 5.66. The average Bonchev–Trinajstić information content (AvgIpc) is 2.95. The largest absolute Gasteiger partial charge is 0.329 e. The molecule has 3 heterocycles. The van der Waals surface area contributed by atoms with Crippen molar-refractivity contribution in [3.8, 4) is 0 Å². The summed E-state index contributed by atoms with van der Waals surface area (Å²) in [4.78, 5) is 31.8. The van der Waals surface area contributed by atoms with Gasteiger partial charge in [-0.1, -0.05) is 6.92 Å². The van der Waals surface area contributed by atoms with Gasteiger partial charge in [-0.15, -0.1) is 0 Å². The van der Waals surface area contributed by atoms with Crippen molar-refractivity contribution in [3.05, 3.63) is 0 Å². The van der Waals surface area contributed by atoms with Gasteiger partial charge >= 0.3 is 0 Å². The van der Waals surface area contributed by atoms with E-state index in [1.165, 1.54) is 0 Å². The molecule has 3 saturated heterocycles. The molecule has 2 amide bonds. The summed E-state index contributed by atoms with van der Waals surface area (Å²) in [6.07, 6.45) is 4.52. The zero-order valence-corrected chi connectivity index (χ0v) is 13.4. The van der Waals surface area contributed by atoms with Crippen molar-refractivity contribution < 1.29 is 9.59 Å². The smallest absolute Gasteiger partial charge is 0.246 e. The molecule has 0 aromatic heterocycles. The molecule has 3 aliphatic heterocycles. The lowest BCUT2D eigenvalue weighted by Gasteiger charge is -2.48. The number of carbonyl (C=O) groups excluding carboxylic acids is 2. The molecule has 3 aliphatic rings. The van der Waals surface area contributed by atoms with Gasteiger partial charge in [-0.25, -0.2) is 0 Å². The van der Waals surface area contributed by atoms with E-state index in [0.717, 1.165) is 45.2 Å². The minimum absolute atomic E-state index is 0.171. The van der Waals surface area contributed by atoms with Gasteiger partial charge in [0.2, 0.25) is 11.8 Å². The number of amides is 2. The summed E-state index contributed by atoms with van der Waals surface area (Å²) in [7, 11) is 2.14. The van der Waals surface area contributed by atoms with Crippen LogP contribution in [0.15, 0.2) is 0 Å². The minimum atomic E-state index is -0.229. The van der Waals surface area contributed by atoms with Crippen LogP contribution in [0.1, 0.15) is 46.0 Å². The average molecular weight is 293 g/mol. The van der Waals surface area contributed by atoms with Crippen molar-refractivity contribution in [2.75, 3.05) is 20.1 Å². The van der Waals surface area contributed by atoms with E-state index in [4.69, 9.17) is 0 Å². The molecule has 0 aromatic rings. The fourth-order valence-corrected chi connectivity index (χ4v) is 4.25. The van der Waals surface area contributed by atoms with Gasteiger partial charge in [0, 0.05) is 25.2 Å². The van der Waals surface area contributed by atoms with Crippen LogP contribution in [0.2, 0.25) is 0 Å². The molecule has 4 atom stereocenters. The summed E-state index contributed by atoms with van der Waals surface area (Å²) in [5.41, 5.74) is 0. The number of piperidine rings is 1. The first-order valence-electron chi connectivity index (χ1n) is 8.37. The Bertz CT molecular complexity index is 439. The van der Waals surface area contributed by atoms with Crippen LogP contribution in [0.25, 0.3) is 0 Å². The van der Waals surface area contributed by atoms with E-state index in [2.05, 4.69) is 18.9 Å². The Morgan fingerprint density at radius 1 is 1.14 bits per heavy atom. The second-order valence-electron chi connectivity index (χ2n) is 6.87. The van der Waals surface area contributed by atoms with Crippen molar-refractivity contribution in [1.82, 2.24) is 14.7 Å². The van der Waals surface area contributed by atoms with Gasteiger partial charge in [-0.2, -0.15) is 0 Å². The van der Waals surface area contributed by atoms with Crippen LogP contribution >= 0.6 is 0 Å². The molecular weight excluding hydrogens is 266 g/mol. The Hall–Kier alpha value is -1.10. The first-order valence-corrected chi connectivity index (χ1v) is 8.37. The highest BCUT2D eigenvalue weighted by Gasteiger charge is 2.49. The van der Waals surface area contributed by atoms with Gasteiger partial charge in [-0.05, 0) is 46.1 Å². The highest BCUT2D eigenvalue weighted by Crippen LogP contribution is 2.32. The van der Waals surface area contributed by atoms with Crippen LogP contribution in [-0.4, -0.2) is 70.8 Å². The summed E-state index contributed by atoms with van der Waals surface area (Å²) in [5, 5.41) is 0. The van der Waals surface area contributed by atoms with Crippen molar-refractivity contribution in [1.29, 1.82) is 0 Å². The molecule has 3 fully saturated rings. The van der Waals surface area contributed by atoms with Crippen LogP contribution in [0.5, 0.6) is 0 Å². The van der Waals surface area contributed by atoms with Crippen molar-refractivity contribution in [2.24, 2.45) is 0 Å². The molecule has 0 spiro atoms. The van der Waals surface area contributed by atoms with Crippen LogP contribution in [0.3, 0.4) is 0 Å². The Labute approximate surface area is 127 Å². The minimum Gasteiger partial charge on any atom is -0.329 e. The highest BCUT2D eigenvalue weighted by molar-refractivity contribution is 5.97. The molecule has 0 aliphatic carbocycles. The third kappa shape index (κ3) is 2.35. The lowest BCUT2D eigenvalue weighted by molar-refractivity contribution is -0.163. The quantitative estimate of drug-likeness (QED) is 0.765. The second kappa shape index (κ2) is 5.59. The van der Waals surface area contributed by atoms with Crippen molar-refractivity contribution in [2.45, 2.75) is 70.1 Å². The molecule has 118 valence electrons. The van der Waals surface area contributed by atoms with Gasteiger partial charge in [0.1, 0.15) is 12.1 Å². The van der Waals surface area contributed by atoms with Crippen LogP contribution in [0, 0.1) is 0 Å². The zero-order chi connectivity index (χ0) is 15.1. The maximum Gasteiger partial charge on any atom is 0.246 e. The van der Waals surface area contributed by atoms with E-state index < -0.39 is 0 Å². The predicted molar refractivity (Wildman–Crippen MR) is 80.8 cm³/mol. The molecule has 0 saturated carbocycles. The van der Waals surface area contributed by atoms with E-state index in [1.54, 1.807) is 0 Å². The van der Waals surface area contributed by atoms with Gasteiger partial charge < -0.3 is 14.7 Å². The normalized spacial score (nSPS) is 38.0. The molecule has 5 heteroatoms. The van der Waals surface area contributed by atoms with Gasteiger partial charge in [0.25, 0.3) is 0 Å². The van der Waals surface area contributed by atoms with Gasteiger partial charge in [0.05, 0.1) is 0 Å². The summed E-state index contributed by atoms with van der Waals surface area (Å²) < 4.78 is 0. The molecule has 0 bridgehead atoms. The lowest BCUT2D eigenvalue weighted by atomic mass is 9.92. The van der Waals surface area contributed by atoms with Crippen molar-refractivity contribution >= 4 is 11.8 Å². The number of hydrogen-bond donors (Lipinski definition) is 0. The fraction of sp³-hybridized carbons (Fsp3) is 0.875. The summed E-state index contributed by atoms with van der Waals surface area (Å²) in [6.45, 7) is 6.01. The third-order valence-electron chi connectivity index (χ3n) is 5.66. The van der Waals surface area contributed by atoms with E-state index in [-0.39, 0.29) is 29.9 Å². The van der Waals surface area contributed by atoms with E-state index in [0.29, 0.717) is 6.04 Å². The highest BCUT2D eigenvalue weighted by atomic mass is 16.2. The summed E-state index contributed by atoms with van der Waals surface area (Å²) >= 11 is 0. The molecule has 3 rings (SSSR count). The summed E-state index contributed by atoms with van der Waals surface area (Å²) in [5.74, 6) is 0.395. The maximum atomic E-state index is 12.9. The second-order valence-corrected chi connectivity index (χ2v) is 6.87. The van der Waals surface area contributed by atoms with Gasteiger partial charge in [-0.3, -0.25) is 9.59 Å². The number of piperazine rings is 1. The first-order chi connectivity index (χ1) is 10.0. The number of hydrogen-bond acceptors (Lipinski definition) is 3. The standard InChI is InChI=1S/C16H27N3O2/c1-4-13-15(20)18-8-5-6-14(18)16(21)19(13)12-7-9-17(3)11(2)10-12/h11-14H,4-10H2,1-3H3. The van der Waals surface area contributed by atoms with E-state index >= 15 is 0 Å². The summed E-state index contributed by atoms with van der Waals surface area (Å²) in [6, 6.07) is 0.314. The predicted octanol–water partition coefficient (Wildman–Crippen LogP) is 1.08. The Balaban J connectivity index is 1.84. The molecule has 0 N–H and O–H groups in total. The van der Waals surface area contributed by atoms with Crippen molar-refractivity contribution in [3.63, 3.8) is 0 Å². The number of nitrogens with zero attached hydrogens (tertiary/aromatic N) is 3. The molecule has 21 heavy (non-hydrogen) atoms. The van der Waals surface area contributed by atoms with E-state index in [9.17, 15) is 9.59 Å². The number of carbonyl (C=O) groups is 2. The molecule has 0 radical (unpaired) electrons. The Morgan fingerprint density at radius 3 is 2.57 bits per heavy atom. The van der Waals surface area contributed by atoms with Crippen LogP contribution in [-0.2, 0) is 9.59 Å². The monoisotopic (exact) mass is 293 g/mol. The zero-order valence-electron chi connectivity index (χ0n) is 13.4. The number of rotatable bonds is 2. The first kappa shape index (κ1) is 14.8. The molecular formula is C16H27N3O2. The topological polar surface area (TPSA) is 43.9 Å². The fourth-order valence-electron chi connectivity index (χ4n) is 4.25. The SMILES string of the molecule is CCC1C(=O)N2CCCC2C(=O)N1C1CCN(C)C(C)C1. The number of fused-ring (bicyclic) bond motifs is 1. The Morgan fingerprint density at radius 2 is 1.90 bits per heavy atom. The van der Waals surface area contributed by atoms with Crippen LogP contribution < -0.4 is 0 Å². The van der Waals surface area contributed by atoms with Crippen LogP contribution in [0.4, 0.5) is 0 Å². The number of likely N-dealkylation sites (tertiary alicyclic amines) is 1.